The fourth-order valence-corrected chi connectivity index (χ4v) is 2.68. The van der Waals surface area contributed by atoms with Crippen LogP contribution in [0.4, 0.5) is 17.3 Å². The van der Waals surface area contributed by atoms with E-state index in [-0.39, 0.29) is 0 Å². The van der Waals surface area contributed by atoms with Crippen molar-refractivity contribution in [3.05, 3.63) is 66.6 Å². The molecule has 0 atom stereocenters. The minimum Gasteiger partial charge on any atom is -0.359 e. The quantitative estimate of drug-likeness (QED) is 0.493. The van der Waals surface area contributed by atoms with Crippen LogP contribution in [-0.4, -0.2) is 15.2 Å². The first-order chi connectivity index (χ1) is 12.6. The lowest BCUT2D eigenvalue weighted by atomic mass is 10.0. The van der Waals surface area contributed by atoms with E-state index in [0.717, 1.165) is 41.3 Å². The predicted octanol–water partition coefficient (Wildman–Crippen LogP) is 5.64. The molecule has 5 heteroatoms. The summed E-state index contributed by atoms with van der Waals surface area (Å²) in [5.74, 6) is 1.36. The zero-order chi connectivity index (χ0) is 18.4. The van der Waals surface area contributed by atoms with Crippen molar-refractivity contribution in [3.8, 4) is 11.1 Å². The highest BCUT2D eigenvalue weighted by atomic mass is 15.3. The van der Waals surface area contributed by atoms with Crippen molar-refractivity contribution in [3.63, 3.8) is 0 Å². The van der Waals surface area contributed by atoms with Gasteiger partial charge < -0.3 is 10.6 Å². The number of anilines is 3. The molecule has 0 unspecified atom stereocenters. The van der Waals surface area contributed by atoms with Crippen molar-refractivity contribution < 1.29 is 0 Å². The van der Waals surface area contributed by atoms with E-state index < -0.39 is 0 Å². The normalized spacial score (nSPS) is 10.5. The van der Waals surface area contributed by atoms with Crippen molar-refractivity contribution in [2.45, 2.75) is 33.1 Å². The van der Waals surface area contributed by atoms with E-state index in [9.17, 15) is 0 Å². The van der Waals surface area contributed by atoms with Gasteiger partial charge in [0.05, 0.1) is 0 Å². The largest absolute Gasteiger partial charge is 0.359 e. The molecule has 0 aliphatic heterocycles. The number of benzene rings is 2. The van der Waals surface area contributed by atoms with Gasteiger partial charge in [-0.25, -0.2) is 0 Å². The predicted molar refractivity (Wildman–Crippen MR) is 109 cm³/mol. The number of unbranched alkanes of at least 4 members (excludes halogenated alkanes) is 1. The van der Waals surface area contributed by atoms with E-state index in [1.807, 2.05) is 19.1 Å². The van der Waals surface area contributed by atoms with Crippen molar-refractivity contribution in [1.29, 1.82) is 0 Å². The van der Waals surface area contributed by atoms with Crippen molar-refractivity contribution in [2.24, 2.45) is 0 Å². The third-order valence-corrected chi connectivity index (χ3v) is 4.11. The summed E-state index contributed by atoms with van der Waals surface area (Å²) in [6.07, 6.45) is 3.36. The lowest BCUT2D eigenvalue weighted by Crippen LogP contribution is -1.97. The van der Waals surface area contributed by atoms with Crippen molar-refractivity contribution in [2.75, 3.05) is 10.6 Å². The molecule has 0 saturated heterocycles. The van der Waals surface area contributed by atoms with Crippen LogP contribution in [-0.2, 0) is 0 Å². The van der Waals surface area contributed by atoms with E-state index in [1.165, 1.54) is 12.0 Å². The van der Waals surface area contributed by atoms with Crippen LogP contribution in [0.25, 0.3) is 11.1 Å². The number of rotatable bonds is 8. The summed E-state index contributed by atoms with van der Waals surface area (Å²) in [7, 11) is 0. The van der Waals surface area contributed by atoms with Crippen LogP contribution in [0.2, 0.25) is 0 Å². The highest BCUT2D eigenvalue weighted by molar-refractivity contribution is 5.69. The monoisotopic (exact) mass is 347 g/mol. The third kappa shape index (κ3) is 4.72. The summed E-state index contributed by atoms with van der Waals surface area (Å²) in [6.45, 7) is 8.15. The molecule has 0 saturated carbocycles. The van der Waals surface area contributed by atoms with Gasteiger partial charge in [0.1, 0.15) is 5.82 Å². The minimum absolute atomic E-state index is 0.578. The summed E-state index contributed by atoms with van der Waals surface area (Å²) >= 11 is 0. The average molecular weight is 347 g/mol. The Kier molecular flexibility index (Phi) is 5.69. The Balaban J connectivity index is 1.62. The molecule has 0 radical (unpaired) electrons. The second-order valence-electron chi connectivity index (χ2n) is 6.36. The van der Waals surface area contributed by atoms with Crippen LogP contribution < -0.4 is 10.6 Å². The molecule has 134 valence electrons. The Labute approximate surface area is 154 Å². The summed E-state index contributed by atoms with van der Waals surface area (Å²) in [4.78, 5) is 4.25. The number of aromatic amines is 1. The summed E-state index contributed by atoms with van der Waals surface area (Å²) in [5.41, 5.74) is 5.44. The standard InChI is InChI=1S/C21H25N5/c1-4-5-6-15(2)22-19-11-7-17(8-12-19)18-9-13-20(14-10-18)24-21-23-16(3)25-26-21/h7-14,22H,2,4-6H2,1,3H3,(H2,23,24,25,26). The van der Waals surface area contributed by atoms with Crippen LogP contribution in [0.3, 0.4) is 0 Å². The molecular formula is C21H25N5. The van der Waals surface area contributed by atoms with Crippen molar-refractivity contribution >= 4 is 17.3 Å². The van der Waals surface area contributed by atoms with Crippen LogP contribution in [0, 0.1) is 6.92 Å². The Hall–Kier alpha value is -3.08. The lowest BCUT2D eigenvalue weighted by Gasteiger charge is -2.10. The van der Waals surface area contributed by atoms with Gasteiger partial charge in [-0.3, -0.25) is 5.10 Å². The molecule has 3 rings (SSSR count). The van der Waals surface area contributed by atoms with Gasteiger partial charge in [-0.1, -0.05) is 44.2 Å². The molecule has 0 aliphatic carbocycles. The SMILES string of the molecule is C=C(CCCC)Nc1ccc(-c2ccc(Nc3n[nH]c(C)n3)cc2)cc1. The molecule has 26 heavy (non-hydrogen) atoms. The molecule has 3 aromatic rings. The van der Waals surface area contributed by atoms with Gasteiger partial charge in [0.15, 0.2) is 0 Å². The molecule has 2 aromatic carbocycles. The maximum Gasteiger partial charge on any atom is 0.246 e. The van der Waals surface area contributed by atoms with E-state index >= 15 is 0 Å². The molecule has 5 nitrogen and oxygen atoms in total. The van der Waals surface area contributed by atoms with Gasteiger partial charge in [0.25, 0.3) is 0 Å². The van der Waals surface area contributed by atoms with Gasteiger partial charge in [-0.2, -0.15) is 4.98 Å². The lowest BCUT2D eigenvalue weighted by molar-refractivity contribution is 0.792. The molecule has 0 aliphatic rings. The molecule has 3 N–H and O–H groups in total. The van der Waals surface area contributed by atoms with Crippen molar-refractivity contribution in [1.82, 2.24) is 15.2 Å². The van der Waals surface area contributed by atoms with Crippen LogP contribution in [0.5, 0.6) is 0 Å². The fraction of sp³-hybridized carbons (Fsp3) is 0.238. The molecule has 1 aromatic heterocycles. The zero-order valence-electron chi connectivity index (χ0n) is 15.3. The second-order valence-corrected chi connectivity index (χ2v) is 6.36. The Morgan fingerprint density at radius 1 is 1.00 bits per heavy atom. The van der Waals surface area contributed by atoms with E-state index in [1.54, 1.807) is 0 Å². The molecule has 0 bridgehead atoms. The highest BCUT2D eigenvalue weighted by Crippen LogP contribution is 2.24. The Morgan fingerprint density at radius 2 is 1.62 bits per heavy atom. The number of H-pyrrole nitrogens is 1. The third-order valence-electron chi connectivity index (χ3n) is 4.11. The fourth-order valence-electron chi connectivity index (χ4n) is 2.68. The Bertz CT molecular complexity index is 847. The molecular weight excluding hydrogens is 322 g/mol. The molecule has 0 amide bonds. The number of hydrogen-bond acceptors (Lipinski definition) is 4. The smallest absolute Gasteiger partial charge is 0.246 e. The van der Waals surface area contributed by atoms with E-state index in [0.29, 0.717) is 5.95 Å². The van der Waals surface area contributed by atoms with Gasteiger partial charge in [-0.05, 0) is 55.2 Å². The number of nitrogens with zero attached hydrogens (tertiary/aromatic N) is 2. The van der Waals surface area contributed by atoms with Gasteiger partial charge in [0.2, 0.25) is 5.95 Å². The summed E-state index contributed by atoms with van der Waals surface area (Å²) in [6, 6.07) is 16.7. The number of aryl methyl sites for hydroxylation is 1. The second kappa shape index (κ2) is 8.34. The van der Waals surface area contributed by atoms with Gasteiger partial charge >= 0.3 is 0 Å². The van der Waals surface area contributed by atoms with Crippen LogP contribution in [0.15, 0.2) is 60.8 Å². The van der Waals surface area contributed by atoms with E-state index in [4.69, 9.17) is 0 Å². The Morgan fingerprint density at radius 3 is 2.15 bits per heavy atom. The van der Waals surface area contributed by atoms with Crippen LogP contribution >= 0.6 is 0 Å². The summed E-state index contributed by atoms with van der Waals surface area (Å²) < 4.78 is 0. The highest BCUT2D eigenvalue weighted by Gasteiger charge is 2.02. The first-order valence-electron chi connectivity index (χ1n) is 8.95. The minimum atomic E-state index is 0.578. The molecule has 1 heterocycles. The number of hydrogen-bond donors (Lipinski definition) is 3. The zero-order valence-corrected chi connectivity index (χ0v) is 15.3. The number of aromatic nitrogens is 3. The maximum absolute atomic E-state index is 4.25. The maximum atomic E-state index is 4.25. The molecule has 0 spiro atoms. The average Bonchev–Trinajstić information content (AvgIpc) is 3.06. The number of nitrogens with one attached hydrogen (secondary N) is 3. The molecule has 0 fully saturated rings. The first kappa shape index (κ1) is 17.7. The van der Waals surface area contributed by atoms with Gasteiger partial charge in [0, 0.05) is 17.1 Å². The first-order valence-corrected chi connectivity index (χ1v) is 8.95. The van der Waals surface area contributed by atoms with Gasteiger partial charge in [-0.15, -0.1) is 5.10 Å². The number of allylic oxidation sites excluding steroid dienone is 1. The summed E-state index contributed by atoms with van der Waals surface area (Å²) in [5, 5.41) is 13.5. The van der Waals surface area contributed by atoms with E-state index in [2.05, 4.69) is 75.7 Å². The van der Waals surface area contributed by atoms with Crippen LogP contribution in [0.1, 0.15) is 32.0 Å². The topological polar surface area (TPSA) is 65.6 Å².